The molecule has 2 saturated carbocycles. The van der Waals surface area contributed by atoms with Crippen molar-refractivity contribution in [2.45, 2.75) is 11.8 Å². The van der Waals surface area contributed by atoms with E-state index in [-0.39, 0.29) is 28.9 Å². The smallest absolute Gasteiger partial charge is 0.364 e. The van der Waals surface area contributed by atoms with Gasteiger partial charge in [-0.05, 0) is 112 Å². The fourth-order valence-electron chi connectivity index (χ4n) is 4.31. The van der Waals surface area contributed by atoms with Crippen molar-refractivity contribution >= 4 is 0 Å². The van der Waals surface area contributed by atoms with Crippen molar-refractivity contribution in [3.05, 3.63) is 159 Å². The summed E-state index contributed by atoms with van der Waals surface area (Å²) >= 11 is 0. The predicted molar refractivity (Wildman–Crippen MR) is 128 cm³/mol. The van der Waals surface area contributed by atoms with Gasteiger partial charge in [0.2, 0.25) is 0 Å². The van der Waals surface area contributed by atoms with Crippen LogP contribution in [0.5, 0.6) is 0 Å². The summed E-state index contributed by atoms with van der Waals surface area (Å²) in [6.45, 7) is 0. The first-order valence-electron chi connectivity index (χ1n) is 10.9. The quantitative estimate of drug-likeness (QED) is 0.257. The standard InChI is InChI=1S/2C14H13N2.Fe/c2*1-2-6-11(5-1)14(12-7-3-9-15-12)13-8-4-10-16-13;/h2*1-10,14-16H;/q;;+2. The number of aromatic nitrogens is 4. The second kappa shape index (κ2) is 11.7. The average molecular weight is 474 g/mol. The van der Waals surface area contributed by atoms with Crippen LogP contribution in [0.1, 0.15) is 34.6 Å². The van der Waals surface area contributed by atoms with E-state index < -0.39 is 0 Å². The van der Waals surface area contributed by atoms with Gasteiger partial charge < -0.3 is 19.9 Å². The van der Waals surface area contributed by atoms with Crippen LogP contribution in [-0.4, -0.2) is 19.9 Å². The van der Waals surface area contributed by atoms with Crippen molar-refractivity contribution in [2.75, 3.05) is 0 Å². The van der Waals surface area contributed by atoms with Gasteiger partial charge in [-0.25, -0.2) is 0 Å². The molecule has 5 heteroatoms. The van der Waals surface area contributed by atoms with Gasteiger partial charge in [0.1, 0.15) is 0 Å². The Morgan fingerprint density at radius 2 is 0.697 bits per heavy atom. The average Bonchev–Trinajstić information content (AvgIpc) is 3.67. The minimum absolute atomic E-state index is 0. The minimum atomic E-state index is 0. The molecule has 0 bridgehead atoms. The number of H-pyrrole nitrogens is 4. The molecule has 4 aromatic rings. The fourth-order valence-corrected chi connectivity index (χ4v) is 4.31. The van der Waals surface area contributed by atoms with Crippen LogP contribution >= 0.6 is 0 Å². The summed E-state index contributed by atoms with van der Waals surface area (Å²) in [4.78, 5) is 13.2. The third-order valence-electron chi connectivity index (χ3n) is 5.78. The molecule has 10 radical (unpaired) electrons. The number of aromatic amines is 4. The Kier molecular flexibility index (Phi) is 8.41. The Morgan fingerprint density at radius 3 is 0.909 bits per heavy atom. The van der Waals surface area contributed by atoms with Crippen LogP contribution in [0.3, 0.4) is 0 Å². The number of hydrogen-bond acceptors (Lipinski definition) is 0. The van der Waals surface area contributed by atoms with Gasteiger partial charge in [0.15, 0.2) is 0 Å². The van der Waals surface area contributed by atoms with Crippen LogP contribution < -0.4 is 0 Å². The molecule has 4 N–H and O–H groups in total. The van der Waals surface area contributed by atoms with Crippen LogP contribution in [0, 0.1) is 63.2 Å². The number of hydrogen-bond donors (Lipinski definition) is 4. The van der Waals surface area contributed by atoms with Crippen molar-refractivity contribution < 1.29 is 17.1 Å². The van der Waals surface area contributed by atoms with E-state index in [1.165, 1.54) is 34.6 Å². The van der Waals surface area contributed by atoms with Crippen molar-refractivity contribution in [1.29, 1.82) is 0 Å². The third-order valence-corrected chi connectivity index (χ3v) is 5.78. The normalized spacial score (nSPS) is 16.8. The molecule has 4 heterocycles. The van der Waals surface area contributed by atoms with Gasteiger partial charge in [-0.15, -0.1) is 0 Å². The molecule has 6 rings (SSSR count). The Labute approximate surface area is 207 Å². The number of rotatable bonds is 6. The van der Waals surface area contributed by atoms with Gasteiger partial charge in [0.25, 0.3) is 0 Å². The largest absolute Gasteiger partial charge is 2.00 e. The summed E-state index contributed by atoms with van der Waals surface area (Å²) < 4.78 is 0. The zero-order valence-corrected chi connectivity index (χ0v) is 19.2. The van der Waals surface area contributed by atoms with Crippen LogP contribution in [0.4, 0.5) is 0 Å². The zero-order valence-electron chi connectivity index (χ0n) is 18.1. The Hall–Kier alpha value is -2.36. The molecule has 0 unspecified atom stereocenters. The molecule has 0 atom stereocenters. The predicted octanol–water partition coefficient (Wildman–Crippen LogP) is 5.76. The molecule has 4 aromatic heterocycles. The maximum absolute atomic E-state index is 3.29. The minimum Gasteiger partial charge on any atom is -0.364 e. The molecule has 33 heavy (non-hydrogen) atoms. The molecule has 0 saturated heterocycles. The van der Waals surface area contributed by atoms with E-state index in [2.05, 4.69) is 95.6 Å². The van der Waals surface area contributed by atoms with E-state index in [1.54, 1.807) is 0 Å². The summed E-state index contributed by atoms with van der Waals surface area (Å²) in [5.41, 5.74) is 4.87. The third kappa shape index (κ3) is 5.59. The first kappa shape index (κ1) is 23.8. The van der Waals surface area contributed by atoms with Crippen molar-refractivity contribution in [2.24, 2.45) is 0 Å². The van der Waals surface area contributed by atoms with Crippen molar-refractivity contribution in [3.63, 3.8) is 0 Å². The van der Waals surface area contributed by atoms with Crippen molar-refractivity contribution in [3.8, 4) is 0 Å². The molecular formula is C28H26FeN4+2. The van der Waals surface area contributed by atoms with Gasteiger partial charge in [-0.3, -0.25) is 0 Å². The van der Waals surface area contributed by atoms with Gasteiger partial charge >= 0.3 is 17.1 Å². The molecule has 0 spiro atoms. The summed E-state index contributed by atoms with van der Waals surface area (Å²) in [5.74, 6) is 3.18. The molecule has 2 aliphatic rings. The maximum Gasteiger partial charge on any atom is 2.00 e. The SMILES string of the molecule is [CH]1[CH][CH][C](C(c2ccc[nH]2)c2ccc[nH]2)[CH]1.[CH]1[CH][CH][C](C(c2ccc[nH]2)c2ccc[nH]2)[CH]1.[Fe+2]. The molecule has 0 aromatic carbocycles. The van der Waals surface area contributed by atoms with E-state index >= 15 is 0 Å². The summed E-state index contributed by atoms with van der Waals surface area (Å²) in [6, 6.07) is 16.6. The molecule has 0 aliphatic heterocycles. The first-order valence-corrected chi connectivity index (χ1v) is 10.9. The molecule has 0 amide bonds. The topological polar surface area (TPSA) is 63.2 Å². The van der Waals surface area contributed by atoms with E-state index in [0.29, 0.717) is 0 Å². The Balaban J connectivity index is 0.000000152. The summed E-state index contributed by atoms with van der Waals surface area (Å²) in [5, 5.41) is 0. The first-order chi connectivity index (χ1) is 15.9. The van der Waals surface area contributed by atoms with Gasteiger partial charge in [0.05, 0.1) is 0 Å². The van der Waals surface area contributed by atoms with E-state index in [4.69, 9.17) is 0 Å². The zero-order chi connectivity index (χ0) is 21.6. The van der Waals surface area contributed by atoms with Crippen LogP contribution in [0.15, 0.2) is 73.3 Å². The molecular weight excluding hydrogens is 448 g/mol. The number of nitrogens with one attached hydrogen (secondary N) is 4. The van der Waals surface area contributed by atoms with Crippen LogP contribution in [0.2, 0.25) is 0 Å². The molecule has 164 valence electrons. The second-order valence-electron chi connectivity index (χ2n) is 7.80. The van der Waals surface area contributed by atoms with E-state index in [9.17, 15) is 0 Å². The monoisotopic (exact) mass is 474 g/mol. The van der Waals surface area contributed by atoms with Gasteiger partial charge in [0, 0.05) is 59.4 Å². The van der Waals surface area contributed by atoms with E-state index in [0.717, 1.165) is 0 Å². The second-order valence-corrected chi connectivity index (χ2v) is 7.80. The van der Waals surface area contributed by atoms with Crippen LogP contribution in [-0.2, 0) is 17.1 Å². The Bertz CT molecular complexity index is 838. The molecule has 2 fully saturated rings. The van der Waals surface area contributed by atoms with Crippen molar-refractivity contribution in [1.82, 2.24) is 19.9 Å². The van der Waals surface area contributed by atoms with Crippen LogP contribution in [0.25, 0.3) is 0 Å². The fraction of sp³-hybridized carbons (Fsp3) is 0.0714. The van der Waals surface area contributed by atoms with Gasteiger partial charge in [-0.2, -0.15) is 0 Å². The van der Waals surface area contributed by atoms with E-state index in [1.807, 2.05) is 49.1 Å². The molecule has 2 aliphatic carbocycles. The summed E-state index contributed by atoms with van der Waals surface area (Å²) in [6.07, 6.45) is 24.8. The summed E-state index contributed by atoms with van der Waals surface area (Å²) in [7, 11) is 0. The Morgan fingerprint density at radius 1 is 0.424 bits per heavy atom. The molecule has 4 nitrogen and oxygen atoms in total. The maximum atomic E-state index is 3.29. The van der Waals surface area contributed by atoms with Gasteiger partial charge in [-0.1, -0.05) is 0 Å².